The topological polar surface area (TPSA) is 23.5 Å². The van der Waals surface area contributed by atoms with E-state index in [0.717, 1.165) is 6.54 Å². The van der Waals surface area contributed by atoms with E-state index in [2.05, 4.69) is 32.6 Å². The first-order chi connectivity index (χ1) is 7.97. The summed E-state index contributed by atoms with van der Waals surface area (Å²) in [6, 6.07) is 0. The Morgan fingerprint density at radius 3 is 1.82 bits per heavy atom. The van der Waals surface area contributed by atoms with Crippen molar-refractivity contribution in [2.24, 2.45) is 17.3 Å². The third kappa shape index (κ3) is 4.97. The number of hydrogen-bond acceptors (Lipinski definition) is 2. The van der Waals surface area contributed by atoms with Crippen LogP contribution in [0.2, 0.25) is 0 Å². The average Bonchev–Trinajstić information content (AvgIpc) is 2.65. The second-order valence-electron chi connectivity index (χ2n) is 6.85. The van der Waals surface area contributed by atoms with Gasteiger partial charge in [0.2, 0.25) is 0 Å². The molecule has 0 heterocycles. The summed E-state index contributed by atoms with van der Waals surface area (Å²) in [6.07, 6.45) is 5.04. The Morgan fingerprint density at radius 2 is 1.47 bits per heavy atom. The average molecular weight is 241 g/mol. The lowest BCUT2D eigenvalue weighted by atomic mass is 9.86. The minimum absolute atomic E-state index is 0.212. The van der Waals surface area contributed by atoms with Crippen LogP contribution in [0.1, 0.15) is 53.4 Å². The molecule has 0 radical (unpaired) electrons. The van der Waals surface area contributed by atoms with Gasteiger partial charge in [0.25, 0.3) is 0 Å². The third-order valence-electron chi connectivity index (χ3n) is 3.81. The zero-order chi connectivity index (χ0) is 12.9. The van der Waals surface area contributed by atoms with Crippen molar-refractivity contribution in [2.45, 2.75) is 53.4 Å². The van der Waals surface area contributed by atoms with Crippen molar-refractivity contribution in [3.8, 4) is 0 Å². The molecule has 1 fully saturated rings. The van der Waals surface area contributed by atoms with E-state index in [1.165, 1.54) is 38.8 Å². The van der Waals surface area contributed by atoms with Gasteiger partial charge in [0.05, 0.1) is 0 Å². The maximum absolute atomic E-state index is 9.71. The van der Waals surface area contributed by atoms with E-state index in [1.807, 2.05) is 0 Å². The van der Waals surface area contributed by atoms with Gasteiger partial charge in [0.15, 0.2) is 0 Å². The molecule has 2 nitrogen and oxygen atoms in total. The Balaban J connectivity index is 2.56. The summed E-state index contributed by atoms with van der Waals surface area (Å²) in [5.41, 5.74) is 0.212. The minimum Gasteiger partial charge on any atom is -0.396 e. The molecule has 0 atom stereocenters. The van der Waals surface area contributed by atoms with Crippen LogP contribution in [0.15, 0.2) is 0 Å². The maximum Gasteiger partial charge on any atom is 0.0499 e. The molecular formula is C15H31NO. The van der Waals surface area contributed by atoms with Crippen LogP contribution in [0.4, 0.5) is 0 Å². The van der Waals surface area contributed by atoms with Crippen LogP contribution >= 0.6 is 0 Å². The number of hydrogen-bond donors (Lipinski definition) is 1. The van der Waals surface area contributed by atoms with E-state index in [4.69, 9.17) is 0 Å². The van der Waals surface area contributed by atoms with Gasteiger partial charge in [-0.3, -0.25) is 0 Å². The van der Waals surface area contributed by atoms with Crippen LogP contribution in [-0.2, 0) is 0 Å². The number of nitrogens with zero attached hydrogens (tertiary/aromatic N) is 1. The Hall–Kier alpha value is -0.0800. The highest BCUT2D eigenvalue weighted by atomic mass is 16.3. The molecule has 0 spiro atoms. The van der Waals surface area contributed by atoms with Crippen molar-refractivity contribution < 1.29 is 5.11 Å². The number of aliphatic hydroxyl groups excluding tert-OH is 1. The molecule has 0 aromatic rings. The van der Waals surface area contributed by atoms with Gasteiger partial charge < -0.3 is 10.0 Å². The smallest absolute Gasteiger partial charge is 0.0499 e. The van der Waals surface area contributed by atoms with Crippen molar-refractivity contribution in [3.05, 3.63) is 0 Å². The first kappa shape index (κ1) is 15.0. The molecular weight excluding hydrogens is 210 g/mol. The SMILES string of the molecule is CC(C)CN(CC(C)C)CC1(CO)CCCC1. The van der Waals surface area contributed by atoms with E-state index in [0.29, 0.717) is 18.4 Å². The Morgan fingerprint density at radius 1 is 1.00 bits per heavy atom. The van der Waals surface area contributed by atoms with Gasteiger partial charge >= 0.3 is 0 Å². The van der Waals surface area contributed by atoms with Crippen molar-refractivity contribution in [2.75, 3.05) is 26.2 Å². The van der Waals surface area contributed by atoms with Gasteiger partial charge in [-0.2, -0.15) is 0 Å². The number of rotatable bonds is 7. The summed E-state index contributed by atoms with van der Waals surface area (Å²) in [5, 5.41) is 9.71. The van der Waals surface area contributed by atoms with Gasteiger partial charge in [0.1, 0.15) is 0 Å². The van der Waals surface area contributed by atoms with Crippen LogP contribution in [0.3, 0.4) is 0 Å². The van der Waals surface area contributed by atoms with Crippen molar-refractivity contribution in [1.82, 2.24) is 4.90 Å². The predicted molar refractivity (Wildman–Crippen MR) is 74.1 cm³/mol. The fourth-order valence-corrected chi connectivity index (χ4v) is 3.20. The van der Waals surface area contributed by atoms with Crippen LogP contribution < -0.4 is 0 Å². The molecule has 0 aromatic heterocycles. The van der Waals surface area contributed by atoms with E-state index in [-0.39, 0.29) is 5.41 Å². The highest BCUT2D eigenvalue weighted by Crippen LogP contribution is 2.38. The molecule has 1 saturated carbocycles. The Kier molecular flexibility index (Phi) is 5.94. The first-order valence-corrected chi connectivity index (χ1v) is 7.31. The van der Waals surface area contributed by atoms with Crippen molar-refractivity contribution in [3.63, 3.8) is 0 Å². The van der Waals surface area contributed by atoms with Gasteiger partial charge in [-0.1, -0.05) is 40.5 Å². The summed E-state index contributed by atoms with van der Waals surface area (Å²) in [5.74, 6) is 1.43. The molecule has 1 aliphatic rings. The first-order valence-electron chi connectivity index (χ1n) is 7.31. The maximum atomic E-state index is 9.71. The summed E-state index contributed by atoms with van der Waals surface area (Å²) in [6.45, 7) is 12.9. The molecule has 0 bridgehead atoms. The lowest BCUT2D eigenvalue weighted by Gasteiger charge is -2.35. The third-order valence-corrected chi connectivity index (χ3v) is 3.81. The molecule has 0 unspecified atom stereocenters. The predicted octanol–water partition coefficient (Wildman–Crippen LogP) is 3.15. The summed E-state index contributed by atoms with van der Waals surface area (Å²) >= 11 is 0. The summed E-state index contributed by atoms with van der Waals surface area (Å²) in [7, 11) is 0. The van der Waals surface area contributed by atoms with Crippen molar-refractivity contribution >= 4 is 0 Å². The highest BCUT2D eigenvalue weighted by molar-refractivity contribution is 4.87. The number of aliphatic hydroxyl groups is 1. The molecule has 0 aromatic carbocycles. The van der Waals surface area contributed by atoms with Gasteiger partial charge in [-0.25, -0.2) is 0 Å². The standard InChI is InChI=1S/C15H31NO/c1-13(2)9-16(10-14(3)4)11-15(12-17)7-5-6-8-15/h13-14,17H,5-12H2,1-4H3. The van der Waals surface area contributed by atoms with Crippen LogP contribution in [0.5, 0.6) is 0 Å². The fraction of sp³-hybridized carbons (Fsp3) is 1.00. The molecule has 1 rings (SSSR count). The van der Waals surface area contributed by atoms with Crippen LogP contribution in [0.25, 0.3) is 0 Å². The fourth-order valence-electron chi connectivity index (χ4n) is 3.20. The summed E-state index contributed by atoms with van der Waals surface area (Å²) < 4.78 is 0. The molecule has 2 heteroatoms. The van der Waals surface area contributed by atoms with Crippen molar-refractivity contribution in [1.29, 1.82) is 0 Å². The van der Waals surface area contributed by atoms with Gasteiger partial charge in [-0.15, -0.1) is 0 Å². The second-order valence-corrected chi connectivity index (χ2v) is 6.85. The van der Waals surface area contributed by atoms with Gasteiger partial charge in [0, 0.05) is 31.7 Å². The van der Waals surface area contributed by atoms with E-state index >= 15 is 0 Å². The van der Waals surface area contributed by atoms with Gasteiger partial charge in [-0.05, 0) is 24.7 Å². The minimum atomic E-state index is 0.212. The summed E-state index contributed by atoms with van der Waals surface area (Å²) in [4.78, 5) is 2.58. The Labute approximate surface area is 107 Å². The molecule has 1 N–H and O–H groups in total. The highest BCUT2D eigenvalue weighted by Gasteiger charge is 2.35. The van der Waals surface area contributed by atoms with E-state index in [9.17, 15) is 5.11 Å². The zero-order valence-electron chi connectivity index (χ0n) is 12.2. The largest absolute Gasteiger partial charge is 0.396 e. The lowest BCUT2D eigenvalue weighted by Crippen LogP contribution is -2.42. The lowest BCUT2D eigenvalue weighted by molar-refractivity contribution is 0.0675. The molecule has 17 heavy (non-hydrogen) atoms. The monoisotopic (exact) mass is 241 g/mol. The van der Waals surface area contributed by atoms with Crippen LogP contribution in [0, 0.1) is 17.3 Å². The quantitative estimate of drug-likeness (QED) is 0.740. The molecule has 102 valence electrons. The van der Waals surface area contributed by atoms with E-state index < -0.39 is 0 Å². The van der Waals surface area contributed by atoms with Crippen LogP contribution in [-0.4, -0.2) is 36.2 Å². The zero-order valence-corrected chi connectivity index (χ0v) is 12.2. The Bertz CT molecular complexity index is 197. The molecule has 0 amide bonds. The molecule has 0 saturated heterocycles. The molecule has 0 aliphatic heterocycles. The second kappa shape index (κ2) is 6.75. The van der Waals surface area contributed by atoms with E-state index in [1.54, 1.807) is 0 Å². The normalized spacial score (nSPS) is 19.8. The molecule has 1 aliphatic carbocycles.